The van der Waals surface area contributed by atoms with Crippen molar-refractivity contribution in [3.63, 3.8) is 0 Å². The van der Waals surface area contributed by atoms with Gasteiger partial charge in [-0.2, -0.15) is 0 Å². The lowest BCUT2D eigenvalue weighted by molar-refractivity contribution is -0.147. The maximum absolute atomic E-state index is 13.0. The second-order valence-electron chi connectivity index (χ2n) is 7.96. The Morgan fingerprint density at radius 3 is 2.93 bits per heavy atom. The van der Waals surface area contributed by atoms with E-state index in [-0.39, 0.29) is 42.9 Å². The molecule has 5 rings (SSSR count). The molecule has 0 N–H and O–H groups in total. The van der Waals surface area contributed by atoms with Crippen molar-refractivity contribution < 1.29 is 18.8 Å². The lowest BCUT2D eigenvalue weighted by Gasteiger charge is -2.37. The van der Waals surface area contributed by atoms with Crippen LogP contribution in [-0.4, -0.2) is 44.9 Å². The molecule has 1 aliphatic carbocycles. The molecular formula is C22H23N3O4S. The molecule has 8 heteroatoms. The first-order valence-corrected chi connectivity index (χ1v) is 11.4. The SMILES string of the molecule is O=C(CC1CSC2=NC3CCCCC3C(=O)N21)OCc1cc(-c2ccccc2)on1. The first-order chi connectivity index (χ1) is 14.7. The van der Waals surface area contributed by atoms with Crippen LogP contribution in [0.25, 0.3) is 11.3 Å². The van der Waals surface area contributed by atoms with Crippen molar-refractivity contribution in [1.82, 2.24) is 10.1 Å². The predicted octanol–water partition coefficient (Wildman–Crippen LogP) is 3.65. The zero-order chi connectivity index (χ0) is 20.5. The van der Waals surface area contributed by atoms with E-state index in [4.69, 9.17) is 14.3 Å². The largest absolute Gasteiger partial charge is 0.459 e. The van der Waals surface area contributed by atoms with Crippen molar-refractivity contribution in [2.45, 2.75) is 50.8 Å². The molecule has 1 amide bonds. The van der Waals surface area contributed by atoms with E-state index in [9.17, 15) is 9.59 Å². The van der Waals surface area contributed by atoms with Crippen LogP contribution in [0.1, 0.15) is 37.8 Å². The summed E-state index contributed by atoms with van der Waals surface area (Å²) in [5.74, 6) is 1.09. The number of amidine groups is 1. The quantitative estimate of drug-likeness (QED) is 0.680. The summed E-state index contributed by atoms with van der Waals surface area (Å²) in [5, 5.41) is 4.76. The molecule has 3 heterocycles. The van der Waals surface area contributed by atoms with Gasteiger partial charge in [-0.05, 0) is 12.8 Å². The Morgan fingerprint density at radius 1 is 1.23 bits per heavy atom. The van der Waals surface area contributed by atoms with Gasteiger partial charge in [0.1, 0.15) is 12.3 Å². The van der Waals surface area contributed by atoms with Gasteiger partial charge < -0.3 is 9.26 Å². The van der Waals surface area contributed by atoms with Gasteiger partial charge in [0.2, 0.25) is 5.91 Å². The summed E-state index contributed by atoms with van der Waals surface area (Å²) >= 11 is 1.57. The molecule has 1 aromatic heterocycles. The Bertz CT molecular complexity index is 974. The lowest BCUT2D eigenvalue weighted by Crippen LogP contribution is -2.50. The molecule has 3 aliphatic rings. The van der Waals surface area contributed by atoms with E-state index in [1.165, 1.54) is 0 Å². The molecule has 0 bridgehead atoms. The Labute approximate surface area is 178 Å². The van der Waals surface area contributed by atoms with E-state index in [1.54, 1.807) is 22.7 Å². The number of aliphatic imine (C=N–C) groups is 1. The van der Waals surface area contributed by atoms with Crippen LogP contribution in [0.15, 0.2) is 45.9 Å². The van der Waals surface area contributed by atoms with Crippen molar-refractivity contribution in [3.05, 3.63) is 42.1 Å². The van der Waals surface area contributed by atoms with Crippen LogP contribution in [0.4, 0.5) is 0 Å². The number of hydrogen-bond acceptors (Lipinski definition) is 7. The van der Waals surface area contributed by atoms with Crippen LogP contribution in [0.2, 0.25) is 0 Å². The number of nitrogens with zero attached hydrogens (tertiary/aromatic N) is 3. The third-order valence-corrected chi connectivity index (χ3v) is 7.05. The van der Waals surface area contributed by atoms with Crippen LogP contribution in [-0.2, 0) is 20.9 Å². The van der Waals surface area contributed by atoms with Crippen molar-refractivity contribution in [2.75, 3.05) is 5.75 Å². The number of thioether (sulfide) groups is 1. The summed E-state index contributed by atoms with van der Waals surface area (Å²) in [6.07, 6.45) is 4.27. The van der Waals surface area contributed by atoms with Crippen molar-refractivity contribution in [1.29, 1.82) is 0 Å². The van der Waals surface area contributed by atoms with Gasteiger partial charge in [-0.1, -0.05) is 60.1 Å². The topological polar surface area (TPSA) is 85.0 Å². The highest BCUT2D eigenvalue weighted by atomic mass is 32.2. The van der Waals surface area contributed by atoms with Gasteiger partial charge in [-0.15, -0.1) is 0 Å². The van der Waals surface area contributed by atoms with Crippen LogP contribution in [0.3, 0.4) is 0 Å². The number of rotatable bonds is 5. The molecule has 3 unspecified atom stereocenters. The fraction of sp³-hybridized carbons (Fsp3) is 0.455. The summed E-state index contributed by atoms with van der Waals surface area (Å²) in [4.78, 5) is 32.0. The minimum absolute atomic E-state index is 0.0220. The Kier molecular flexibility index (Phi) is 5.33. The van der Waals surface area contributed by atoms with E-state index < -0.39 is 0 Å². The van der Waals surface area contributed by atoms with E-state index >= 15 is 0 Å². The Balaban J connectivity index is 1.18. The maximum Gasteiger partial charge on any atom is 0.308 e. The van der Waals surface area contributed by atoms with Gasteiger partial charge >= 0.3 is 5.97 Å². The minimum Gasteiger partial charge on any atom is -0.459 e. The van der Waals surface area contributed by atoms with E-state index in [0.29, 0.717) is 17.2 Å². The second-order valence-corrected chi connectivity index (χ2v) is 8.94. The number of aromatic nitrogens is 1. The molecule has 0 spiro atoms. The van der Waals surface area contributed by atoms with Crippen molar-refractivity contribution in [3.8, 4) is 11.3 Å². The number of carbonyl (C=O) groups excluding carboxylic acids is 2. The van der Waals surface area contributed by atoms with E-state index in [0.717, 1.165) is 36.4 Å². The monoisotopic (exact) mass is 425 g/mol. The van der Waals surface area contributed by atoms with Crippen LogP contribution >= 0.6 is 11.8 Å². The number of fused-ring (bicyclic) bond motifs is 2. The zero-order valence-corrected chi connectivity index (χ0v) is 17.3. The Hall–Kier alpha value is -2.61. The fourth-order valence-electron chi connectivity index (χ4n) is 4.39. The minimum atomic E-state index is -0.343. The van der Waals surface area contributed by atoms with Crippen LogP contribution < -0.4 is 0 Å². The number of carbonyl (C=O) groups is 2. The first kappa shape index (κ1) is 19.4. The lowest BCUT2D eigenvalue weighted by atomic mass is 9.83. The highest BCUT2D eigenvalue weighted by Crippen LogP contribution is 2.38. The summed E-state index contributed by atoms with van der Waals surface area (Å²) in [6, 6.07) is 11.4. The third kappa shape index (κ3) is 3.76. The molecule has 2 aromatic rings. The number of benzene rings is 1. The molecule has 1 saturated carbocycles. The molecule has 0 radical (unpaired) electrons. The van der Waals surface area contributed by atoms with Gasteiger partial charge in [0.05, 0.1) is 24.4 Å². The second kappa shape index (κ2) is 8.26. The van der Waals surface area contributed by atoms with Gasteiger partial charge in [0.15, 0.2) is 10.9 Å². The molecule has 156 valence electrons. The highest BCUT2D eigenvalue weighted by molar-refractivity contribution is 8.14. The van der Waals surface area contributed by atoms with Crippen molar-refractivity contribution >= 4 is 28.8 Å². The number of hydrogen-bond donors (Lipinski definition) is 0. The zero-order valence-electron chi connectivity index (χ0n) is 16.5. The summed E-state index contributed by atoms with van der Waals surface area (Å²) in [7, 11) is 0. The fourth-order valence-corrected chi connectivity index (χ4v) is 5.59. The molecule has 1 aromatic carbocycles. The first-order valence-electron chi connectivity index (χ1n) is 10.4. The van der Waals surface area contributed by atoms with Gasteiger partial charge in [-0.25, -0.2) is 0 Å². The standard InChI is InChI=1S/C22H23N3O4S/c26-20(28-12-15-10-19(29-24-15)14-6-2-1-3-7-14)11-16-13-30-22-23-18-9-5-4-8-17(18)21(27)25(16)22/h1-3,6-7,10,16-18H,4-5,8-9,11-13H2. The summed E-state index contributed by atoms with van der Waals surface area (Å²) < 4.78 is 10.8. The molecule has 2 fully saturated rings. The molecule has 1 saturated heterocycles. The van der Waals surface area contributed by atoms with Crippen LogP contribution in [0, 0.1) is 5.92 Å². The van der Waals surface area contributed by atoms with Gasteiger partial charge in [-0.3, -0.25) is 19.5 Å². The molecule has 30 heavy (non-hydrogen) atoms. The molecule has 7 nitrogen and oxygen atoms in total. The number of ether oxygens (including phenoxy) is 1. The van der Waals surface area contributed by atoms with Crippen molar-refractivity contribution in [2.24, 2.45) is 10.9 Å². The van der Waals surface area contributed by atoms with Crippen LogP contribution in [0.5, 0.6) is 0 Å². The average molecular weight is 426 g/mol. The normalized spacial score (nSPS) is 25.5. The maximum atomic E-state index is 13.0. The smallest absolute Gasteiger partial charge is 0.308 e. The molecule has 2 aliphatic heterocycles. The van der Waals surface area contributed by atoms with Gasteiger partial charge in [0.25, 0.3) is 0 Å². The average Bonchev–Trinajstić information content (AvgIpc) is 3.41. The molecule has 3 atom stereocenters. The number of esters is 1. The summed E-state index contributed by atoms with van der Waals surface area (Å²) in [6.45, 7) is 0.0502. The van der Waals surface area contributed by atoms with E-state index in [2.05, 4.69) is 5.16 Å². The summed E-state index contributed by atoms with van der Waals surface area (Å²) in [5.41, 5.74) is 1.48. The van der Waals surface area contributed by atoms with Gasteiger partial charge in [0, 0.05) is 17.4 Å². The predicted molar refractivity (Wildman–Crippen MR) is 113 cm³/mol. The molecular weight excluding hydrogens is 402 g/mol. The number of amides is 1. The Morgan fingerprint density at radius 2 is 2.07 bits per heavy atom. The third-order valence-electron chi connectivity index (χ3n) is 5.94. The highest BCUT2D eigenvalue weighted by Gasteiger charge is 2.46. The van der Waals surface area contributed by atoms with E-state index in [1.807, 2.05) is 30.3 Å².